The number of nitrogens with two attached hydrogens (primary N) is 1. The second-order valence-electron chi connectivity index (χ2n) is 3.54. The monoisotopic (exact) mass is 238 g/mol. The Bertz CT molecular complexity index is 405. The van der Waals surface area contributed by atoms with Crippen molar-refractivity contribution in [3.63, 3.8) is 0 Å². The van der Waals surface area contributed by atoms with Crippen molar-refractivity contribution >= 4 is 22.7 Å². The molecule has 0 radical (unpaired) electrons. The molecular formula is C11H14N2S2. The van der Waals surface area contributed by atoms with E-state index in [1.54, 1.807) is 22.7 Å². The molecule has 0 amide bonds. The average molecular weight is 238 g/mol. The summed E-state index contributed by atoms with van der Waals surface area (Å²) in [7, 11) is 0. The number of hydrogen-bond donors (Lipinski definition) is 2. The van der Waals surface area contributed by atoms with Crippen molar-refractivity contribution in [1.29, 1.82) is 0 Å². The molecule has 0 spiro atoms. The molecule has 0 bridgehead atoms. The first-order valence-electron chi connectivity index (χ1n) is 4.78. The molecule has 80 valence electrons. The quantitative estimate of drug-likeness (QED) is 0.637. The van der Waals surface area contributed by atoms with Crippen molar-refractivity contribution in [3.8, 4) is 0 Å². The predicted molar refractivity (Wildman–Crippen MR) is 67.3 cm³/mol. The summed E-state index contributed by atoms with van der Waals surface area (Å²) < 4.78 is 0. The van der Waals surface area contributed by atoms with E-state index < -0.39 is 0 Å². The highest BCUT2D eigenvalue weighted by Gasteiger charge is 2.18. The van der Waals surface area contributed by atoms with Crippen LogP contribution in [-0.4, -0.2) is 0 Å². The maximum atomic E-state index is 5.66. The molecule has 2 rings (SSSR count). The summed E-state index contributed by atoms with van der Waals surface area (Å²) >= 11 is 3.51. The molecule has 4 heteroatoms. The third-order valence-corrected chi connectivity index (χ3v) is 4.66. The van der Waals surface area contributed by atoms with Gasteiger partial charge in [0.15, 0.2) is 0 Å². The van der Waals surface area contributed by atoms with E-state index in [2.05, 4.69) is 42.2 Å². The average Bonchev–Trinajstić information content (AvgIpc) is 2.80. The second-order valence-corrected chi connectivity index (χ2v) is 5.43. The zero-order valence-corrected chi connectivity index (χ0v) is 10.4. The highest BCUT2D eigenvalue weighted by Crippen LogP contribution is 2.33. The fraction of sp³-hybridized carbons (Fsp3) is 0.273. The highest BCUT2D eigenvalue weighted by molar-refractivity contribution is 7.11. The van der Waals surface area contributed by atoms with Gasteiger partial charge in [0.05, 0.1) is 6.04 Å². The van der Waals surface area contributed by atoms with E-state index in [9.17, 15) is 0 Å². The van der Waals surface area contributed by atoms with Gasteiger partial charge in [-0.05, 0) is 47.9 Å². The van der Waals surface area contributed by atoms with Gasteiger partial charge in [-0.2, -0.15) is 0 Å². The van der Waals surface area contributed by atoms with E-state index in [1.165, 1.54) is 20.9 Å². The van der Waals surface area contributed by atoms with Gasteiger partial charge in [0.1, 0.15) is 0 Å². The standard InChI is InChI=1S/C11H14N2S2/c1-7-3-5-14-10(7)9(13-12)11-8(2)4-6-15-11/h3-6,9,13H,12H2,1-2H3. The molecule has 2 nitrogen and oxygen atoms in total. The van der Waals surface area contributed by atoms with Crippen LogP contribution in [0.5, 0.6) is 0 Å². The SMILES string of the molecule is Cc1ccsc1C(NN)c1sccc1C. The lowest BCUT2D eigenvalue weighted by atomic mass is 10.1. The highest BCUT2D eigenvalue weighted by atomic mass is 32.1. The summed E-state index contributed by atoms with van der Waals surface area (Å²) in [5.74, 6) is 5.66. The van der Waals surface area contributed by atoms with Gasteiger partial charge in [-0.3, -0.25) is 5.84 Å². The van der Waals surface area contributed by atoms with Crippen LogP contribution in [-0.2, 0) is 0 Å². The Morgan fingerprint density at radius 1 is 1.07 bits per heavy atom. The molecule has 0 aromatic carbocycles. The van der Waals surface area contributed by atoms with Crippen LogP contribution in [0, 0.1) is 13.8 Å². The molecule has 0 saturated carbocycles. The lowest BCUT2D eigenvalue weighted by Gasteiger charge is -2.15. The van der Waals surface area contributed by atoms with Crippen LogP contribution >= 0.6 is 22.7 Å². The van der Waals surface area contributed by atoms with Gasteiger partial charge >= 0.3 is 0 Å². The first kappa shape index (κ1) is 10.8. The van der Waals surface area contributed by atoms with E-state index in [1.807, 2.05) is 0 Å². The maximum absolute atomic E-state index is 5.66. The number of hydrazine groups is 1. The van der Waals surface area contributed by atoms with E-state index in [0.29, 0.717) is 0 Å². The van der Waals surface area contributed by atoms with Crippen molar-refractivity contribution in [2.45, 2.75) is 19.9 Å². The lowest BCUT2D eigenvalue weighted by molar-refractivity contribution is 0.651. The molecule has 2 aromatic heterocycles. The van der Waals surface area contributed by atoms with Crippen molar-refractivity contribution < 1.29 is 0 Å². The predicted octanol–water partition coefficient (Wildman–Crippen LogP) is 2.98. The molecule has 0 aliphatic rings. The number of hydrogen-bond acceptors (Lipinski definition) is 4. The smallest absolute Gasteiger partial charge is 0.0899 e. The van der Waals surface area contributed by atoms with Crippen molar-refractivity contribution in [3.05, 3.63) is 43.8 Å². The minimum absolute atomic E-state index is 0.144. The first-order chi connectivity index (χ1) is 7.24. The van der Waals surface area contributed by atoms with Gasteiger partial charge < -0.3 is 0 Å². The molecule has 0 atom stereocenters. The Morgan fingerprint density at radius 2 is 1.53 bits per heavy atom. The van der Waals surface area contributed by atoms with Gasteiger partial charge in [-0.15, -0.1) is 22.7 Å². The second kappa shape index (κ2) is 4.45. The lowest BCUT2D eigenvalue weighted by Crippen LogP contribution is -2.28. The molecular weight excluding hydrogens is 224 g/mol. The molecule has 0 aliphatic heterocycles. The van der Waals surface area contributed by atoms with Crippen molar-refractivity contribution in [2.24, 2.45) is 5.84 Å². The van der Waals surface area contributed by atoms with Crippen LogP contribution in [0.25, 0.3) is 0 Å². The number of thiophene rings is 2. The molecule has 3 N–H and O–H groups in total. The minimum atomic E-state index is 0.144. The fourth-order valence-electron chi connectivity index (χ4n) is 1.63. The summed E-state index contributed by atoms with van der Waals surface area (Å²) in [5.41, 5.74) is 5.51. The topological polar surface area (TPSA) is 38.0 Å². The van der Waals surface area contributed by atoms with Crippen molar-refractivity contribution in [2.75, 3.05) is 0 Å². The molecule has 2 aromatic rings. The molecule has 2 heterocycles. The molecule has 0 unspecified atom stereocenters. The van der Waals surface area contributed by atoms with E-state index in [-0.39, 0.29) is 6.04 Å². The maximum Gasteiger partial charge on any atom is 0.0899 e. The Morgan fingerprint density at radius 3 is 1.80 bits per heavy atom. The summed E-state index contributed by atoms with van der Waals surface area (Å²) in [6, 6.07) is 4.41. The van der Waals surface area contributed by atoms with Gasteiger partial charge in [-0.1, -0.05) is 0 Å². The number of rotatable bonds is 3. The zero-order valence-electron chi connectivity index (χ0n) is 8.78. The van der Waals surface area contributed by atoms with Crippen LogP contribution in [0.15, 0.2) is 22.9 Å². The Kier molecular flexibility index (Phi) is 3.21. The van der Waals surface area contributed by atoms with Crippen LogP contribution < -0.4 is 11.3 Å². The summed E-state index contributed by atoms with van der Waals surface area (Å²) in [5, 5.41) is 4.22. The Balaban J connectivity index is 2.41. The van der Waals surface area contributed by atoms with Gasteiger partial charge in [0.25, 0.3) is 0 Å². The molecule has 0 fully saturated rings. The van der Waals surface area contributed by atoms with Crippen LogP contribution in [0.3, 0.4) is 0 Å². The zero-order chi connectivity index (χ0) is 10.8. The first-order valence-corrected chi connectivity index (χ1v) is 6.54. The van der Waals surface area contributed by atoms with E-state index in [0.717, 1.165) is 0 Å². The van der Waals surface area contributed by atoms with Gasteiger partial charge in [0, 0.05) is 9.75 Å². The van der Waals surface area contributed by atoms with E-state index in [4.69, 9.17) is 5.84 Å². The number of aryl methyl sites for hydroxylation is 2. The van der Waals surface area contributed by atoms with E-state index >= 15 is 0 Å². The van der Waals surface area contributed by atoms with Crippen LogP contribution in [0.1, 0.15) is 26.9 Å². The third kappa shape index (κ3) is 1.99. The summed E-state index contributed by atoms with van der Waals surface area (Å²) in [6.45, 7) is 4.25. The normalized spacial score (nSPS) is 11.2. The molecule has 0 saturated heterocycles. The largest absolute Gasteiger partial charge is 0.271 e. The van der Waals surface area contributed by atoms with Gasteiger partial charge in [-0.25, -0.2) is 5.43 Å². The third-order valence-electron chi connectivity index (χ3n) is 2.49. The minimum Gasteiger partial charge on any atom is -0.271 e. The van der Waals surface area contributed by atoms with Crippen molar-refractivity contribution in [1.82, 2.24) is 5.43 Å². The van der Waals surface area contributed by atoms with Crippen LogP contribution in [0.2, 0.25) is 0 Å². The molecule has 15 heavy (non-hydrogen) atoms. The number of nitrogens with one attached hydrogen (secondary N) is 1. The van der Waals surface area contributed by atoms with Crippen LogP contribution in [0.4, 0.5) is 0 Å². The van der Waals surface area contributed by atoms with Gasteiger partial charge in [0.2, 0.25) is 0 Å². The molecule has 0 aliphatic carbocycles. The Labute approximate surface area is 97.7 Å². The fourth-order valence-corrected chi connectivity index (χ4v) is 3.69. The summed E-state index contributed by atoms with van der Waals surface area (Å²) in [6.07, 6.45) is 0. The summed E-state index contributed by atoms with van der Waals surface area (Å²) in [4.78, 5) is 2.62. The Hall–Kier alpha value is -0.680.